The van der Waals surface area contributed by atoms with Gasteiger partial charge in [-0.2, -0.15) is 0 Å². The number of hydrogen-bond acceptors (Lipinski definition) is 5. The summed E-state index contributed by atoms with van der Waals surface area (Å²) in [5.74, 6) is -1.43. The van der Waals surface area contributed by atoms with Crippen LogP contribution in [0.1, 0.15) is 33.2 Å². The number of ketones is 1. The van der Waals surface area contributed by atoms with E-state index in [2.05, 4.69) is 10.3 Å². The molecule has 26 heavy (non-hydrogen) atoms. The van der Waals surface area contributed by atoms with Gasteiger partial charge in [-0.05, 0) is 60.7 Å². The molecule has 0 aliphatic carbocycles. The van der Waals surface area contributed by atoms with Crippen LogP contribution in [0, 0.1) is 0 Å². The quantitative estimate of drug-likeness (QED) is 0.638. The zero-order chi connectivity index (χ0) is 18.7. The van der Waals surface area contributed by atoms with Gasteiger partial charge in [-0.25, -0.2) is 9.79 Å². The summed E-state index contributed by atoms with van der Waals surface area (Å²) < 4.78 is 0. The number of amides is 1. The number of carboxylic acid groups (broad SMARTS) is 1. The minimum absolute atomic E-state index is 0.0323. The van der Waals surface area contributed by atoms with E-state index >= 15 is 0 Å². The molecule has 130 valence electrons. The van der Waals surface area contributed by atoms with Crippen LogP contribution in [0.3, 0.4) is 0 Å². The van der Waals surface area contributed by atoms with Crippen molar-refractivity contribution in [3.8, 4) is 0 Å². The largest absolute Gasteiger partial charge is 0.478 e. The first-order valence-electron chi connectivity index (χ1n) is 7.67. The zero-order valence-corrected chi connectivity index (χ0v) is 14.5. The number of Topliss-reactive ketones (excluding diaryl/α,β-unsaturated/α-hetero) is 1. The Morgan fingerprint density at radius 2 is 1.81 bits per heavy atom. The van der Waals surface area contributed by atoms with Crippen molar-refractivity contribution in [1.29, 1.82) is 0 Å². The second kappa shape index (κ2) is 7.37. The standard InChI is InChI=1S/C19H14N2O4S/c1-11(22)12-6-8-14(9-7-12)20-19-21-17(23)16(26-19)10-13-4-2-3-5-15(13)18(24)25/h2-10H,1H3,(H,24,25)(H,20,21,23)/b16-10+. The highest BCUT2D eigenvalue weighted by molar-refractivity contribution is 8.18. The molecule has 1 amide bonds. The topological polar surface area (TPSA) is 95.8 Å². The summed E-state index contributed by atoms with van der Waals surface area (Å²) in [7, 11) is 0. The lowest BCUT2D eigenvalue weighted by atomic mass is 10.1. The summed E-state index contributed by atoms with van der Waals surface area (Å²) >= 11 is 1.13. The van der Waals surface area contributed by atoms with Crippen molar-refractivity contribution in [3.05, 3.63) is 70.1 Å². The SMILES string of the molecule is CC(=O)c1ccc(N=C2NC(=O)/C(=C\c3ccccc3C(=O)O)S2)cc1. The summed E-state index contributed by atoms with van der Waals surface area (Å²) in [4.78, 5) is 39.4. The number of nitrogens with one attached hydrogen (secondary N) is 1. The van der Waals surface area contributed by atoms with Gasteiger partial charge in [0.05, 0.1) is 16.2 Å². The van der Waals surface area contributed by atoms with Crippen LogP contribution in [0.2, 0.25) is 0 Å². The van der Waals surface area contributed by atoms with E-state index in [1.807, 2.05) is 0 Å². The number of amidine groups is 1. The van der Waals surface area contributed by atoms with Crippen LogP contribution in [0.4, 0.5) is 5.69 Å². The van der Waals surface area contributed by atoms with Gasteiger partial charge in [-0.1, -0.05) is 18.2 Å². The van der Waals surface area contributed by atoms with Crippen molar-refractivity contribution in [2.45, 2.75) is 6.92 Å². The Hall–Kier alpha value is -3.19. The van der Waals surface area contributed by atoms with E-state index in [-0.39, 0.29) is 17.3 Å². The van der Waals surface area contributed by atoms with Crippen LogP contribution in [0.15, 0.2) is 58.4 Å². The third-order valence-electron chi connectivity index (χ3n) is 3.63. The van der Waals surface area contributed by atoms with Gasteiger partial charge in [0.2, 0.25) is 0 Å². The maximum Gasteiger partial charge on any atom is 0.336 e. The number of carboxylic acids is 1. The van der Waals surface area contributed by atoms with E-state index in [1.165, 1.54) is 19.1 Å². The molecule has 0 spiro atoms. The van der Waals surface area contributed by atoms with E-state index < -0.39 is 5.97 Å². The summed E-state index contributed by atoms with van der Waals surface area (Å²) in [6, 6.07) is 13.2. The molecule has 2 N–H and O–H groups in total. The number of hydrogen-bond donors (Lipinski definition) is 2. The average Bonchev–Trinajstić information content (AvgIpc) is 2.95. The van der Waals surface area contributed by atoms with E-state index in [4.69, 9.17) is 0 Å². The molecule has 1 saturated heterocycles. The van der Waals surface area contributed by atoms with E-state index in [9.17, 15) is 19.5 Å². The molecule has 1 aliphatic rings. The highest BCUT2D eigenvalue weighted by Crippen LogP contribution is 2.29. The fraction of sp³-hybridized carbons (Fsp3) is 0.0526. The molecule has 0 aromatic heterocycles. The maximum absolute atomic E-state index is 12.1. The summed E-state index contributed by atoms with van der Waals surface area (Å²) in [6.45, 7) is 1.49. The number of aromatic carboxylic acids is 1. The second-order valence-electron chi connectivity index (χ2n) is 5.48. The Kier molecular flexibility index (Phi) is 4.99. The van der Waals surface area contributed by atoms with Gasteiger partial charge in [0.15, 0.2) is 11.0 Å². The van der Waals surface area contributed by atoms with Crippen molar-refractivity contribution >= 4 is 46.4 Å². The van der Waals surface area contributed by atoms with Crippen LogP contribution in [0.5, 0.6) is 0 Å². The molecule has 7 heteroatoms. The highest BCUT2D eigenvalue weighted by Gasteiger charge is 2.24. The Balaban J connectivity index is 1.85. The van der Waals surface area contributed by atoms with E-state index in [1.54, 1.807) is 42.5 Å². The molecule has 0 bridgehead atoms. The molecule has 1 fully saturated rings. The molecule has 2 aromatic carbocycles. The van der Waals surface area contributed by atoms with Gasteiger partial charge < -0.3 is 10.4 Å². The molecule has 3 rings (SSSR count). The van der Waals surface area contributed by atoms with Crippen LogP contribution in [-0.4, -0.2) is 27.9 Å². The fourth-order valence-electron chi connectivity index (χ4n) is 2.33. The number of aliphatic imine (C=N–C) groups is 1. The molecule has 6 nitrogen and oxygen atoms in total. The summed E-state index contributed by atoms with van der Waals surface area (Å²) in [6.07, 6.45) is 1.53. The third kappa shape index (κ3) is 3.89. The number of rotatable bonds is 4. The minimum atomic E-state index is -1.06. The van der Waals surface area contributed by atoms with Gasteiger partial charge in [0.25, 0.3) is 5.91 Å². The van der Waals surface area contributed by atoms with Crippen molar-refractivity contribution in [3.63, 3.8) is 0 Å². The molecule has 0 saturated carbocycles. The van der Waals surface area contributed by atoms with Crippen LogP contribution >= 0.6 is 11.8 Å². The average molecular weight is 366 g/mol. The Morgan fingerprint density at radius 3 is 2.46 bits per heavy atom. The van der Waals surface area contributed by atoms with Crippen molar-refractivity contribution in [2.75, 3.05) is 0 Å². The molecule has 0 atom stereocenters. The first-order valence-corrected chi connectivity index (χ1v) is 8.48. The Bertz CT molecular complexity index is 962. The number of benzene rings is 2. The van der Waals surface area contributed by atoms with E-state index in [0.717, 1.165) is 11.8 Å². The van der Waals surface area contributed by atoms with E-state index in [0.29, 0.717) is 26.9 Å². The van der Waals surface area contributed by atoms with Gasteiger partial charge in [-0.3, -0.25) is 9.59 Å². The molecular weight excluding hydrogens is 352 g/mol. The fourth-order valence-corrected chi connectivity index (χ4v) is 3.16. The summed E-state index contributed by atoms with van der Waals surface area (Å²) in [5.41, 5.74) is 1.76. The number of thioether (sulfide) groups is 1. The summed E-state index contributed by atoms with van der Waals surface area (Å²) in [5, 5.41) is 12.3. The molecule has 0 radical (unpaired) electrons. The van der Waals surface area contributed by atoms with Crippen LogP contribution in [0.25, 0.3) is 6.08 Å². The molecule has 0 unspecified atom stereocenters. The first-order chi connectivity index (χ1) is 12.4. The first kappa shape index (κ1) is 17.6. The van der Waals surface area contributed by atoms with Gasteiger partial charge >= 0.3 is 5.97 Å². The lowest BCUT2D eigenvalue weighted by Crippen LogP contribution is -2.19. The van der Waals surface area contributed by atoms with Gasteiger partial charge in [0.1, 0.15) is 0 Å². The minimum Gasteiger partial charge on any atom is -0.478 e. The van der Waals surface area contributed by atoms with Gasteiger partial charge in [-0.15, -0.1) is 0 Å². The predicted molar refractivity (Wildman–Crippen MR) is 101 cm³/mol. The van der Waals surface area contributed by atoms with Crippen LogP contribution < -0.4 is 5.32 Å². The highest BCUT2D eigenvalue weighted by atomic mass is 32.2. The van der Waals surface area contributed by atoms with Crippen LogP contribution in [-0.2, 0) is 4.79 Å². The lowest BCUT2D eigenvalue weighted by molar-refractivity contribution is -0.115. The Labute approximate surface area is 153 Å². The normalized spacial score (nSPS) is 16.7. The monoisotopic (exact) mass is 366 g/mol. The Morgan fingerprint density at radius 1 is 1.12 bits per heavy atom. The predicted octanol–water partition coefficient (Wildman–Crippen LogP) is 3.48. The molecule has 1 aliphatic heterocycles. The molecular formula is C19H14N2O4S. The van der Waals surface area contributed by atoms with Crippen molar-refractivity contribution in [1.82, 2.24) is 5.32 Å². The maximum atomic E-state index is 12.1. The van der Waals surface area contributed by atoms with Crippen molar-refractivity contribution in [2.24, 2.45) is 4.99 Å². The number of carbonyl (C=O) groups is 3. The number of carbonyl (C=O) groups excluding carboxylic acids is 2. The molecule has 1 heterocycles. The number of nitrogens with zero attached hydrogens (tertiary/aromatic N) is 1. The third-order valence-corrected chi connectivity index (χ3v) is 4.54. The molecule has 2 aromatic rings. The zero-order valence-electron chi connectivity index (χ0n) is 13.7. The van der Waals surface area contributed by atoms with Crippen molar-refractivity contribution < 1.29 is 19.5 Å². The smallest absolute Gasteiger partial charge is 0.336 e. The van der Waals surface area contributed by atoms with Gasteiger partial charge in [0, 0.05) is 5.56 Å². The second-order valence-corrected chi connectivity index (χ2v) is 6.51. The lowest BCUT2D eigenvalue weighted by Gasteiger charge is -2.00.